The molecule has 1 N–H and O–H groups in total. The third-order valence-corrected chi connectivity index (χ3v) is 3.88. The van der Waals surface area contributed by atoms with Crippen molar-refractivity contribution in [2.45, 2.75) is 25.7 Å². The number of carbonyl (C=O) groups is 2. The summed E-state index contributed by atoms with van der Waals surface area (Å²) < 4.78 is 5.53. The van der Waals surface area contributed by atoms with Crippen LogP contribution in [0.25, 0.3) is 0 Å². The first-order chi connectivity index (χ1) is 10.6. The van der Waals surface area contributed by atoms with Crippen LogP contribution in [-0.4, -0.2) is 48.7 Å². The first kappa shape index (κ1) is 16.5. The van der Waals surface area contributed by atoms with Gasteiger partial charge >= 0.3 is 5.97 Å². The Morgan fingerprint density at radius 1 is 1.27 bits per heavy atom. The van der Waals surface area contributed by atoms with Crippen LogP contribution in [0.2, 0.25) is 0 Å². The SMILES string of the molecule is CN(CCOCC1CC1)C(=O)CCc1ccc(C(=O)O)cc1. The molecule has 0 bridgehead atoms. The molecular weight excluding hydrogens is 282 g/mol. The van der Waals surface area contributed by atoms with Gasteiger partial charge in [0.1, 0.15) is 0 Å². The number of ether oxygens (including phenoxy) is 1. The van der Waals surface area contributed by atoms with Crippen LogP contribution in [0.1, 0.15) is 35.2 Å². The van der Waals surface area contributed by atoms with Crippen molar-refractivity contribution in [3.8, 4) is 0 Å². The molecule has 0 heterocycles. The highest BCUT2D eigenvalue weighted by Gasteiger charge is 2.21. The molecule has 22 heavy (non-hydrogen) atoms. The number of benzene rings is 1. The molecule has 0 radical (unpaired) electrons. The molecule has 1 aromatic carbocycles. The second kappa shape index (κ2) is 7.94. The van der Waals surface area contributed by atoms with Gasteiger partial charge in [-0.3, -0.25) is 4.79 Å². The van der Waals surface area contributed by atoms with Gasteiger partial charge in [-0.25, -0.2) is 4.79 Å². The molecule has 1 amide bonds. The van der Waals surface area contributed by atoms with E-state index in [-0.39, 0.29) is 11.5 Å². The van der Waals surface area contributed by atoms with Gasteiger partial charge in [-0.2, -0.15) is 0 Å². The van der Waals surface area contributed by atoms with E-state index in [0.29, 0.717) is 26.0 Å². The summed E-state index contributed by atoms with van der Waals surface area (Å²) >= 11 is 0. The average Bonchev–Trinajstić information content (AvgIpc) is 3.33. The highest BCUT2D eigenvalue weighted by molar-refractivity contribution is 5.87. The average molecular weight is 305 g/mol. The van der Waals surface area contributed by atoms with Gasteiger partial charge in [0.05, 0.1) is 12.2 Å². The van der Waals surface area contributed by atoms with Gasteiger partial charge in [-0.1, -0.05) is 12.1 Å². The number of hydrogen-bond donors (Lipinski definition) is 1. The van der Waals surface area contributed by atoms with Crippen molar-refractivity contribution in [2.24, 2.45) is 5.92 Å². The van der Waals surface area contributed by atoms with E-state index in [1.165, 1.54) is 12.8 Å². The van der Waals surface area contributed by atoms with Gasteiger partial charge in [-0.15, -0.1) is 0 Å². The molecule has 1 fully saturated rings. The van der Waals surface area contributed by atoms with Gasteiger partial charge in [0, 0.05) is 26.6 Å². The van der Waals surface area contributed by atoms with Gasteiger partial charge in [0.25, 0.3) is 0 Å². The Bertz CT molecular complexity index is 508. The van der Waals surface area contributed by atoms with E-state index in [1.54, 1.807) is 36.2 Å². The zero-order chi connectivity index (χ0) is 15.9. The Labute approximate surface area is 130 Å². The predicted octanol–water partition coefficient (Wildman–Crippen LogP) is 2.20. The van der Waals surface area contributed by atoms with Crippen molar-refractivity contribution < 1.29 is 19.4 Å². The molecule has 1 saturated carbocycles. The van der Waals surface area contributed by atoms with E-state index in [9.17, 15) is 9.59 Å². The quantitative estimate of drug-likeness (QED) is 0.710. The number of carbonyl (C=O) groups excluding carboxylic acids is 1. The maximum Gasteiger partial charge on any atom is 0.335 e. The van der Waals surface area contributed by atoms with Crippen LogP contribution in [0.15, 0.2) is 24.3 Å². The summed E-state index contributed by atoms with van der Waals surface area (Å²) in [5, 5.41) is 8.83. The molecule has 1 aromatic rings. The number of likely N-dealkylation sites (N-methyl/N-ethyl adjacent to an activating group) is 1. The van der Waals surface area contributed by atoms with E-state index in [1.807, 2.05) is 0 Å². The van der Waals surface area contributed by atoms with E-state index < -0.39 is 5.97 Å². The van der Waals surface area contributed by atoms with E-state index in [0.717, 1.165) is 18.1 Å². The monoisotopic (exact) mass is 305 g/mol. The second-order valence-electron chi connectivity index (χ2n) is 5.84. The minimum Gasteiger partial charge on any atom is -0.478 e. The van der Waals surface area contributed by atoms with Crippen LogP contribution in [0, 0.1) is 5.92 Å². The lowest BCUT2D eigenvalue weighted by Crippen LogP contribution is -2.30. The van der Waals surface area contributed by atoms with Crippen LogP contribution >= 0.6 is 0 Å². The summed E-state index contributed by atoms with van der Waals surface area (Å²) in [7, 11) is 1.79. The Morgan fingerprint density at radius 2 is 1.95 bits per heavy atom. The highest BCUT2D eigenvalue weighted by atomic mass is 16.5. The summed E-state index contributed by atoms with van der Waals surface area (Å²) in [6.07, 6.45) is 3.59. The lowest BCUT2D eigenvalue weighted by atomic mass is 10.1. The maximum atomic E-state index is 12.0. The molecule has 120 valence electrons. The zero-order valence-corrected chi connectivity index (χ0v) is 13.0. The standard InChI is InChI=1S/C17H23NO4/c1-18(10-11-22-12-14-2-3-14)16(19)9-6-13-4-7-15(8-5-13)17(20)21/h4-5,7-8,14H,2-3,6,9-12H2,1H3,(H,20,21). The number of aromatic carboxylic acids is 1. The number of nitrogens with zero attached hydrogens (tertiary/aromatic N) is 1. The Hall–Kier alpha value is -1.88. The molecule has 0 atom stereocenters. The topological polar surface area (TPSA) is 66.8 Å². The molecule has 0 aliphatic heterocycles. The van der Waals surface area contributed by atoms with Gasteiger partial charge in [-0.05, 0) is 42.9 Å². The van der Waals surface area contributed by atoms with E-state index >= 15 is 0 Å². The third kappa shape index (κ3) is 5.48. The van der Waals surface area contributed by atoms with Crippen molar-refractivity contribution in [1.29, 1.82) is 0 Å². The molecular formula is C17H23NO4. The predicted molar refractivity (Wildman–Crippen MR) is 82.9 cm³/mol. The van der Waals surface area contributed by atoms with Gasteiger partial charge < -0.3 is 14.7 Å². The smallest absolute Gasteiger partial charge is 0.335 e. The van der Waals surface area contributed by atoms with Crippen LogP contribution in [0.3, 0.4) is 0 Å². The van der Waals surface area contributed by atoms with E-state index in [4.69, 9.17) is 9.84 Å². The Kier molecular flexibility index (Phi) is 5.95. The Morgan fingerprint density at radius 3 is 2.55 bits per heavy atom. The fraction of sp³-hybridized carbons (Fsp3) is 0.529. The maximum absolute atomic E-state index is 12.0. The van der Waals surface area contributed by atoms with Gasteiger partial charge in [0.15, 0.2) is 0 Å². The minimum absolute atomic E-state index is 0.0809. The van der Waals surface area contributed by atoms with Crippen molar-refractivity contribution >= 4 is 11.9 Å². The zero-order valence-electron chi connectivity index (χ0n) is 13.0. The largest absolute Gasteiger partial charge is 0.478 e. The molecule has 0 saturated heterocycles. The highest BCUT2D eigenvalue weighted by Crippen LogP contribution is 2.28. The molecule has 5 heteroatoms. The lowest BCUT2D eigenvalue weighted by molar-refractivity contribution is -0.130. The molecule has 0 spiro atoms. The molecule has 1 aliphatic carbocycles. The third-order valence-electron chi connectivity index (χ3n) is 3.88. The summed E-state index contributed by atoms with van der Waals surface area (Å²) in [5.41, 5.74) is 1.23. The second-order valence-corrected chi connectivity index (χ2v) is 5.84. The van der Waals surface area contributed by atoms with Crippen LogP contribution < -0.4 is 0 Å². The summed E-state index contributed by atoms with van der Waals surface area (Å²) in [6.45, 7) is 2.02. The van der Waals surface area contributed by atoms with Crippen molar-refractivity contribution in [2.75, 3.05) is 26.8 Å². The number of aryl methyl sites for hydroxylation is 1. The number of hydrogen-bond acceptors (Lipinski definition) is 3. The van der Waals surface area contributed by atoms with Crippen molar-refractivity contribution in [3.05, 3.63) is 35.4 Å². The molecule has 1 aliphatic rings. The van der Waals surface area contributed by atoms with Crippen LogP contribution in [0.4, 0.5) is 0 Å². The summed E-state index contributed by atoms with van der Waals surface area (Å²) in [5.74, 6) is -0.110. The molecule has 2 rings (SSSR count). The molecule has 5 nitrogen and oxygen atoms in total. The molecule has 0 aromatic heterocycles. The minimum atomic E-state index is -0.937. The van der Waals surface area contributed by atoms with Crippen molar-refractivity contribution in [1.82, 2.24) is 4.90 Å². The van der Waals surface area contributed by atoms with E-state index in [2.05, 4.69) is 0 Å². The number of carboxylic acid groups (broad SMARTS) is 1. The van der Waals surface area contributed by atoms with Crippen LogP contribution in [0.5, 0.6) is 0 Å². The van der Waals surface area contributed by atoms with Crippen molar-refractivity contribution in [3.63, 3.8) is 0 Å². The first-order valence-corrected chi connectivity index (χ1v) is 7.70. The first-order valence-electron chi connectivity index (χ1n) is 7.70. The fourth-order valence-corrected chi connectivity index (χ4v) is 2.12. The number of rotatable bonds is 9. The number of carboxylic acids is 1. The molecule has 0 unspecified atom stereocenters. The normalized spacial score (nSPS) is 13.9. The summed E-state index contributed by atoms with van der Waals surface area (Å²) in [4.78, 5) is 24.5. The Balaban J connectivity index is 1.65. The van der Waals surface area contributed by atoms with Gasteiger partial charge in [0.2, 0.25) is 5.91 Å². The number of amides is 1. The van der Waals surface area contributed by atoms with Crippen LogP contribution in [-0.2, 0) is 16.0 Å². The fourth-order valence-electron chi connectivity index (χ4n) is 2.12. The lowest BCUT2D eigenvalue weighted by Gasteiger charge is -2.17. The summed E-state index contributed by atoms with van der Waals surface area (Å²) in [6, 6.07) is 6.65.